The number of hydrogen-bond donors (Lipinski definition) is 4. The summed E-state index contributed by atoms with van der Waals surface area (Å²) in [5.74, 6) is -2.27. The first-order chi connectivity index (χ1) is 16.2. The van der Waals surface area contributed by atoms with E-state index in [-0.39, 0.29) is 22.7 Å². The van der Waals surface area contributed by atoms with Gasteiger partial charge in [-0.15, -0.1) is 10.2 Å². The Bertz CT molecular complexity index is 1480. The van der Waals surface area contributed by atoms with E-state index in [4.69, 9.17) is 5.11 Å². The number of azo groups is 1. The number of rotatable bonds is 5. The molecule has 0 atom stereocenters. The van der Waals surface area contributed by atoms with Gasteiger partial charge in [0.05, 0.1) is 11.1 Å². The highest BCUT2D eigenvalue weighted by molar-refractivity contribution is 14.1. The lowest BCUT2D eigenvalue weighted by molar-refractivity contribution is 0.0695. The minimum atomic E-state index is -1.06. The molecule has 2 amide bonds. The van der Waals surface area contributed by atoms with E-state index >= 15 is 0 Å². The van der Waals surface area contributed by atoms with Crippen LogP contribution in [0.1, 0.15) is 36.6 Å². The van der Waals surface area contributed by atoms with Crippen LogP contribution in [0.3, 0.4) is 0 Å². The van der Waals surface area contributed by atoms with Crippen molar-refractivity contribution < 1.29 is 24.6 Å². The number of aromatic amines is 1. The third-order valence-corrected chi connectivity index (χ3v) is 5.73. The number of anilines is 1. The van der Waals surface area contributed by atoms with Gasteiger partial charge in [0, 0.05) is 25.8 Å². The van der Waals surface area contributed by atoms with Crippen LogP contribution < -0.4 is 5.32 Å². The fraction of sp³-hybridized carbons (Fsp3) is 0.0417. The summed E-state index contributed by atoms with van der Waals surface area (Å²) in [5, 5.41) is 30.2. The fourth-order valence-electron chi connectivity index (χ4n) is 3.33. The SMILES string of the molecule is Cc1cc(C(=O)Nc2ccc(C(=O)N=Nc3c(O)[nH]c4ccc(I)cc34)cc2)ccc1C(=O)O. The maximum Gasteiger partial charge on any atom is 0.335 e. The summed E-state index contributed by atoms with van der Waals surface area (Å²) in [7, 11) is 0. The maximum atomic E-state index is 12.5. The molecule has 0 aliphatic carbocycles. The molecule has 170 valence electrons. The molecule has 10 heteroatoms. The number of hydrogen-bond acceptors (Lipinski definition) is 5. The second-order valence-corrected chi connectivity index (χ2v) is 8.63. The number of aromatic nitrogens is 1. The largest absolute Gasteiger partial charge is 0.493 e. The van der Waals surface area contributed by atoms with Gasteiger partial charge in [0.25, 0.3) is 11.8 Å². The van der Waals surface area contributed by atoms with Gasteiger partial charge in [0.15, 0.2) is 5.69 Å². The number of carbonyl (C=O) groups is 3. The molecule has 0 aliphatic rings. The van der Waals surface area contributed by atoms with Crippen LogP contribution in [0.15, 0.2) is 70.9 Å². The number of aromatic carboxylic acids is 1. The molecule has 4 aromatic rings. The lowest BCUT2D eigenvalue weighted by atomic mass is 10.0. The molecule has 1 heterocycles. The number of carbonyl (C=O) groups excluding carboxylic acids is 2. The Morgan fingerprint density at radius 1 is 0.971 bits per heavy atom. The Labute approximate surface area is 206 Å². The number of aromatic hydroxyl groups is 1. The van der Waals surface area contributed by atoms with Crippen molar-refractivity contribution in [1.29, 1.82) is 0 Å². The second kappa shape index (κ2) is 9.43. The third-order valence-electron chi connectivity index (χ3n) is 5.06. The number of benzene rings is 3. The number of H-pyrrole nitrogens is 1. The van der Waals surface area contributed by atoms with Crippen LogP contribution in [0.2, 0.25) is 0 Å². The number of halogens is 1. The van der Waals surface area contributed by atoms with Gasteiger partial charge in [-0.2, -0.15) is 0 Å². The Morgan fingerprint density at radius 3 is 2.35 bits per heavy atom. The van der Waals surface area contributed by atoms with E-state index < -0.39 is 17.8 Å². The average Bonchev–Trinajstić information content (AvgIpc) is 3.11. The molecular formula is C24H17IN4O5. The number of nitrogens with zero attached hydrogens (tertiary/aromatic N) is 2. The first-order valence-corrected chi connectivity index (χ1v) is 11.0. The van der Waals surface area contributed by atoms with Crippen LogP contribution in [-0.4, -0.2) is 33.0 Å². The van der Waals surface area contributed by atoms with E-state index in [1.165, 1.54) is 30.3 Å². The molecule has 0 unspecified atom stereocenters. The van der Waals surface area contributed by atoms with Crippen molar-refractivity contribution in [2.24, 2.45) is 10.2 Å². The topological polar surface area (TPSA) is 144 Å². The monoisotopic (exact) mass is 568 g/mol. The highest BCUT2D eigenvalue weighted by atomic mass is 127. The molecule has 0 radical (unpaired) electrons. The number of aryl methyl sites for hydroxylation is 1. The van der Waals surface area contributed by atoms with Crippen molar-refractivity contribution in [3.63, 3.8) is 0 Å². The zero-order valence-corrected chi connectivity index (χ0v) is 19.8. The van der Waals surface area contributed by atoms with Gasteiger partial charge in [0.1, 0.15) is 0 Å². The Morgan fingerprint density at radius 2 is 1.68 bits per heavy atom. The molecule has 0 bridgehead atoms. The highest BCUT2D eigenvalue weighted by Gasteiger charge is 2.14. The van der Waals surface area contributed by atoms with E-state index in [1.807, 2.05) is 12.1 Å². The summed E-state index contributed by atoms with van der Waals surface area (Å²) in [5.41, 5.74) is 2.46. The Kier molecular flexibility index (Phi) is 6.41. The van der Waals surface area contributed by atoms with Crippen molar-refractivity contribution in [3.05, 3.63) is 86.5 Å². The normalized spacial score (nSPS) is 11.1. The third kappa shape index (κ3) is 4.81. The van der Waals surface area contributed by atoms with E-state index in [0.29, 0.717) is 27.7 Å². The quantitative estimate of drug-likeness (QED) is 0.181. The first-order valence-electron chi connectivity index (χ1n) is 9.94. The molecule has 0 saturated heterocycles. The summed E-state index contributed by atoms with van der Waals surface area (Å²) in [6.07, 6.45) is 0. The standard InChI is InChI=1S/C24H17IN4O5/c1-12-10-14(4-8-17(12)24(33)34)21(30)26-16-6-2-13(3-7-16)22(31)29-28-20-18-11-15(25)5-9-19(18)27-23(20)32/h2-11,27,32H,1H3,(H,26,30)(H,33,34). The number of fused-ring (bicyclic) bond motifs is 1. The fourth-order valence-corrected chi connectivity index (χ4v) is 3.83. The van der Waals surface area contributed by atoms with Crippen LogP contribution in [0.5, 0.6) is 5.88 Å². The lowest BCUT2D eigenvalue weighted by Crippen LogP contribution is -2.13. The van der Waals surface area contributed by atoms with Crippen molar-refractivity contribution in [1.82, 2.24) is 4.98 Å². The van der Waals surface area contributed by atoms with Gasteiger partial charge in [-0.1, -0.05) is 0 Å². The minimum Gasteiger partial charge on any atom is -0.493 e. The summed E-state index contributed by atoms with van der Waals surface area (Å²) in [6.45, 7) is 1.62. The summed E-state index contributed by atoms with van der Waals surface area (Å²) < 4.78 is 0.942. The molecule has 4 rings (SSSR count). The number of carboxylic acid groups (broad SMARTS) is 1. The van der Waals surface area contributed by atoms with Gasteiger partial charge < -0.3 is 20.5 Å². The summed E-state index contributed by atoms with van der Waals surface area (Å²) in [6, 6.07) is 15.9. The smallest absolute Gasteiger partial charge is 0.335 e. The molecule has 0 spiro atoms. The van der Waals surface area contributed by atoms with Crippen LogP contribution in [0.25, 0.3) is 10.9 Å². The lowest BCUT2D eigenvalue weighted by Gasteiger charge is -2.08. The predicted octanol–water partition coefficient (Wildman–Crippen LogP) is 5.66. The van der Waals surface area contributed by atoms with Crippen molar-refractivity contribution in [2.75, 3.05) is 5.32 Å². The summed E-state index contributed by atoms with van der Waals surface area (Å²) in [4.78, 5) is 38.8. The van der Waals surface area contributed by atoms with Gasteiger partial charge in [0.2, 0.25) is 5.88 Å². The van der Waals surface area contributed by atoms with Crippen LogP contribution in [-0.2, 0) is 0 Å². The van der Waals surface area contributed by atoms with E-state index in [1.54, 1.807) is 25.1 Å². The van der Waals surface area contributed by atoms with Gasteiger partial charge in [-0.25, -0.2) is 4.79 Å². The molecular weight excluding hydrogens is 551 g/mol. The molecule has 0 fully saturated rings. The minimum absolute atomic E-state index is 0.129. The first kappa shape index (κ1) is 23.1. The molecule has 0 saturated carbocycles. The number of carboxylic acids is 1. The Hall–Kier alpha value is -4.06. The second-order valence-electron chi connectivity index (χ2n) is 7.38. The van der Waals surface area contributed by atoms with E-state index in [2.05, 4.69) is 43.1 Å². The molecule has 3 aromatic carbocycles. The van der Waals surface area contributed by atoms with Crippen LogP contribution in [0.4, 0.5) is 11.4 Å². The van der Waals surface area contributed by atoms with E-state index in [0.717, 1.165) is 3.57 Å². The Balaban J connectivity index is 1.46. The van der Waals surface area contributed by atoms with Crippen LogP contribution >= 0.6 is 22.6 Å². The molecule has 34 heavy (non-hydrogen) atoms. The zero-order chi connectivity index (χ0) is 24.4. The van der Waals surface area contributed by atoms with Gasteiger partial charge in [-0.05, 0) is 95.7 Å². The maximum absolute atomic E-state index is 12.5. The van der Waals surface area contributed by atoms with Crippen LogP contribution in [0, 0.1) is 10.5 Å². The molecule has 4 N–H and O–H groups in total. The van der Waals surface area contributed by atoms with Crippen molar-refractivity contribution in [3.8, 4) is 5.88 Å². The predicted molar refractivity (Wildman–Crippen MR) is 134 cm³/mol. The zero-order valence-electron chi connectivity index (χ0n) is 17.7. The molecule has 1 aromatic heterocycles. The average molecular weight is 568 g/mol. The number of amides is 2. The van der Waals surface area contributed by atoms with E-state index in [9.17, 15) is 19.5 Å². The van der Waals surface area contributed by atoms with Gasteiger partial charge >= 0.3 is 5.97 Å². The molecule has 9 nitrogen and oxygen atoms in total. The molecule has 0 aliphatic heterocycles. The summed E-state index contributed by atoms with van der Waals surface area (Å²) >= 11 is 2.14. The van der Waals surface area contributed by atoms with Crippen molar-refractivity contribution in [2.45, 2.75) is 6.92 Å². The number of nitrogens with one attached hydrogen (secondary N) is 2. The van der Waals surface area contributed by atoms with Gasteiger partial charge in [-0.3, -0.25) is 9.59 Å². The highest BCUT2D eigenvalue weighted by Crippen LogP contribution is 2.36. The van der Waals surface area contributed by atoms with Crippen molar-refractivity contribution >= 4 is 62.7 Å².